The van der Waals surface area contributed by atoms with Gasteiger partial charge in [0.15, 0.2) is 0 Å². The Morgan fingerprint density at radius 2 is 2.29 bits per heavy atom. The van der Waals surface area contributed by atoms with Crippen LogP contribution in [-0.4, -0.2) is 43.5 Å². The van der Waals surface area contributed by atoms with E-state index in [2.05, 4.69) is 0 Å². The number of sulfonamides is 1. The average molecular weight is 332 g/mol. The molecule has 0 aliphatic carbocycles. The molecular formula is C13H17FN2O3S2. The van der Waals surface area contributed by atoms with E-state index < -0.39 is 15.8 Å². The van der Waals surface area contributed by atoms with Gasteiger partial charge in [0.1, 0.15) is 10.8 Å². The summed E-state index contributed by atoms with van der Waals surface area (Å²) in [6, 6.07) is 3.80. The van der Waals surface area contributed by atoms with Gasteiger partial charge in [0, 0.05) is 13.1 Å². The Kier molecular flexibility index (Phi) is 4.92. The summed E-state index contributed by atoms with van der Waals surface area (Å²) in [7, 11) is -3.86. The van der Waals surface area contributed by atoms with Gasteiger partial charge in [-0.15, -0.1) is 0 Å². The normalized spacial score (nSPS) is 20.4. The topological polar surface area (TPSA) is 72.6 Å². The minimum Gasteiger partial charge on any atom is -0.389 e. The summed E-state index contributed by atoms with van der Waals surface area (Å²) in [4.78, 5) is -0.460. The maximum atomic E-state index is 13.9. The third-order valence-electron chi connectivity index (χ3n) is 3.40. The number of hydrogen-bond acceptors (Lipinski definition) is 4. The summed E-state index contributed by atoms with van der Waals surface area (Å²) < 4.78 is 46.0. The Morgan fingerprint density at radius 3 is 2.90 bits per heavy atom. The van der Waals surface area contributed by atoms with Gasteiger partial charge in [-0.25, -0.2) is 12.8 Å². The first-order valence-corrected chi connectivity index (χ1v) is 8.42. The van der Waals surface area contributed by atoms with Crippen molar-refractivity contribution in [1.29, 1.82) is 0 Å². The van der Waals surface area contributed by atoms with Crippen molar-refractivity contribution >= 4 is 27.2 Å². The first-order chi connectivity index (χ1) is 9.87. The van der Waals surface area contributed by atoms with Gasteiger partial charge in [0.2, 0.25) is 10.0 Å². The van der Waals surface area contributed by atoms with Crippen LogP contribution >= 0.6 is 12.2 Å². The molecule has 1 atom stereocenters. The third kappa shape index (κ3) is 3.23. The molecule has 8 heteroatoms. The Bertz CT molecular complexity index is 649. The second-order valence-corrected chi connectivity index (χ2v) is 7.09. The fourth-order valence-corrected chi connectivity index (χ4v) is 4.20. The van der Waals surface area contributed by atoms with Gasteiger partial charge in [0.05, 0.1) is 23.2 Å². The lowest BCUT2D eigenvalue weighted by Crippen LogP contribution is -2.45. The zero-order chi connectivity index (χ0) is 15.6. The lowest BCUT2D eigenvalue weighted by Gasteiger charge is -2.32. The Labute approximate surface area is 128 Å². The summed E-state index contributed by atoms with van der Waals surface area (Å²) >= 11 is 4.78. The van der Waals surface area contributed by atoms with Crippen molar-refractivity contribution in [3.63, 3.8) is 0 Å². The van der Waals surface area contributed by atoms with Crippen molar-refractivity contribution in [3.8, 4) is 0 Å². The van der Waals surface area contributed by atoms with Crippen LogP contribution in [0.3, 0.4) is 0 Å². The van der Waals surface area contributed by atoms with Gasteiger partial charge in [-0.05, 0) is 18.6 Å². The Hall–Kier alpha value is -1.09. The molecule has 1 unspecified atom stereocenters. The van der Waals surface area contributed by atoms with Crippen LogP contribution in [0.15, 0.2) is 23.1 Å². The summed E-state index contributed by atoms with van der Waals surface area (Å²) in [5.41, 5.74) is 5.25. The number of hydrogen-bond donors (Lipinski definition) is 1. The fraction of sp³-hybridized carbons (Fsp3) is 0.462. The smallest absolute Gasteiger partial charge is 0.244 e. The zero-order valence-corrected chi connectivity index (χ0v) is 13.2. The van der Waals surface area contributed by atoms with E-state index in [1.165, 1.54) is 16.4 Å². The molecule has 0 aromatic heterocycles. The highest BCUT2D eigenvalue weighted by Gasteiger charge is 2.33. The monoisotopic (exact) mass is 332 g/mol. The van der Waals surface area contributed by atoms with Gasteiger partial charge in [-0.2, -0.15) is 4.31 Å². The van der Waals surface area contributed by atoms with Crippen molar-refractivity contribution in [1.82, 2.24) is 4.31 Å². The molecule has 1 fully saturated rings. The van der Waals surface area contributed by atoms with E-state index in [1.54, 1.807) is 0 Å². The molecule has 21 heavy (non-hydrogen) atoms. The number of morpholine rings is 1. The Morgan fingerprint density at radius 1 is 1.57 bits per heavy atom. The van der Waals surface area contributed by atoms with Crippen molar-refractivity contribution in [3.05, 3.63) is 29.6 Å². The van der Waals surface area contributed by atoms with Gasteiger partial charge < -0.3 is 10.5 Å². The third-order valence-corrected chi connectivity index (χ3v) is 5.51. The summed E-state index contributed by atoms with van der Waals surface area (Å²) in [6.07, 6.45) is 0.549. The van der Waals surface area contributed by atoms with E-state index >= 15 is 0 Å². The van der Waals surface area contributed by atoms with Crippen molar-refractivity contribution in [2.75, 3.05) is 19.7 Å². The SMILES string of the molecule is CCC1CN(S(=O)(=O)c2cccc(F)c2C(N)=S)CCO1. The molecule has 0 amide bonds. The predicted molar refractivity (Wildman–Crippen MR) is 81.1 cm³/mol. The van der Waals surface area contributed by atoms with Crippen LogP contribution in [0.4, 0.5) is 4.39 Å². The van der Waals surface area contributed by atoms with E-state index in [0.29, 0.717) is 13.0 Å². The van der Waals surface area contributed by atoms with Gasteiger partial charge in [-0.1, -0.05) is 25.2 Å². The number of benzene rings is 1. The minimum absolute atomic E-state index is 0.157. The molecule has 0 bridgehead atoms. The van der Waals surface area contributed by atoms with Crippen LogP contribution in [0.2, 0.25) is 0 Å². The maximum Gasteiger partial charge on any atom is 0.244 e. The number of ether oxygens (including phenoxy) is 1. The maximum absolute atomic E-state index is 13.9. The molecule has 0 spiro atoms. The van der Waals surface area contributed by atoms with Crippen LogP contribution in [0, 0.1) is 5.82 Å². The minimum atomic E-state index is -3.86. The molecule has 116 valence electrons. The zero-order valence-electron chi connectivity index (χ0n) is 11.6. The second kappa shape index (κ2) is 6.35. The van der Waals surface area contributed by atoms with E-state index in [4.69, 9.17) is 22.7 Å². The summed E-state index contributed by atoms with van der Waals surface area (Å²) in [5, 5.41) is 0. The van der Waals surface area contributed by atoms with Crippen LogP contribution in [0.25, 0.3) is 0 Å². The largest absolute Gasteiger partial charge is 0.389 e. The van der Waals surface area contributed by atoms with Gasteiger partial charge in [0.25, 0.3) is 0 Å². The second-order valence-electron chi connectivity index (χ2n) is 4.74. The quantitative estimate of drug-likeness (QED) is 0.841. The fourth-order valence-electron chi connectivity index (χ4n) is 2.26. The van der Waals surface area contributed by atoms with Crippen LogP contribution < -0.4 is 5.73 Å². The molecule has 1 aliphatic rings. The number of rotatable bonds is 4. The first kappa shape index (κ1) is 16.3. The molecule has 0 radical (unpaired) electrons. The number of nitrogens with zero attached hydrogens (tertiary/aromatic N) is 1. The first-order valence-electron chi connectivity index (χ1n) is 6.58. The Balaban J connectivity index is 2.45. The molecule has 1 aromatic rings. The van der Waals surface area contributed by atoms with Gasteiger partial charge in [-0.3, -0.25) is 0 Å². The molecule has 1 heterocycles. The van der Waals surface area contributed by atoms with Crippen LogP contribution in [-0.2, 0) is 14.8 Å². The van der Waals surface area contributed by atoms with Crippen molar-refractivity contribution in [2.24, 2.45) is 5.73 Å². The highest BCUT2D eigenvalue weighted by atomic mass is 32.2. The highest BCUT2D eigenvalue weighted by molar-refractivity contribution is 7.89. The number of halogens is 1. The van der Waals surface area contributed by atoms with Crippen molar-refractivity contribution in [2.45, 2.75) is 24.3 Å². The van der Waals surface area contributed by atoms with E-state index in [1.807, 2.05) is 6.92 Å². The van der Waals surface area contributed by atoms with Crippen LogP contribution in [0.1, 0.15) is 18.9 Å². The van der Waals surface area contributed by atoms with E-state index in [9.17, 15) is 12.8 Å². The molecule has 1 aromatic carbocycles. The molecule has 2 N–H and O–H groups in total. The van der Waals surface area contributed by atoms with Crippen LogP contribution in [0.5, 0.6) is 0 Å². The van der Waals surface area contributed by atoms with E-state index in [-0.39, 0.29) is 34.6 Å². The lowest BCUT2D eigenvalue weighted by molar-refractivity contribution is -0.00278. The average Bonchev–Trinajstić information content (AvgIpc) is 2.46. The molecule has 2 rings (SSSR count). The summed E-state index contributed by atoms with van der Waals surface area (Å²) in [5.74, 6) is -0.733. The number of thiocarbonyl (C=S) groups is 1. The van der Waals surface area contributed by atoms with E-state index in [0.717, 1.165) is 6.07 Å². The molecule has 1 aliphatic heterocycles. The standard InChI is InChI=1S/C13H17FN2O3S2/c1-2-9-8-16(6-7-19-9)21(17,18)11-5-3-4-10(14)12(11)13(15)20/h3-5,9H,2,6-8H2,1H3,(H2,15,20). The summed E-state index contributed by atoms with van der Waals surface area (Å²) in [6.45, 7) is 2.71. The lowest BCUT2D eigenvalue weighted by atomic mass is 10.2. The molecule has 5 nitrogen and oxygen atoms in total. The highest BCUT2D eigenvalue weighted by Crippen LogP contribution is 2.24. The molecular weight excluding hydrogens is 315 g/mol. The number of nitrogens with two attached hydrogens (primary N) is 1. The predicted octanol–water partition coefficient (Wildman–Crippen LogP) is 1.26. The van der Waals surface area contributed by atoms with Crippen molar-refractivity contribution < 1.29 is 17.5 Å². The molecule has 0 saturated carbocycles. The van der Waals surface area contributed by atoms with Gasteiger partial charge >= 0.3 is 0 Å². The molecule has 1 saturated heterocycles.